The predicted octanol–water partition coefficient (Wildman–Crippen LogP) is 5.46. The molecule has 3 aromatic carbocycles. The van der Waals surface area contributed by atoms with Crippen LogP contribution in [0.15, 0.2) is 66.7 Å². The Labute approximate surface area is 188 Å². The van der Waals surface area contributed by atoms with Crippen LogP contribution in [0.5, 0.6) is 11.5 Å². The molecule has 0 spiro atoms. The average Bonchev–Trinajstić information content (AvgIpc) is 2.82. The first kappa shape index (κ1) is 21.3. The summed E-state index contributed by atoms with van der Waals surface area (Å²) in [7, 11) is 3.26. The number of hydrogen-bond acceptors (Lipinski definition) is 3. The Morgan fingerprint density at radius 3 is 2.35 bits per heavy atom. The Kier molecular flexibility index (Phi) is 6.47. The number of carbonyl (C=O) groups excluding carboxylic acids is 1. The summed E-state index contributed by atoms with van der Waals surface area (Å²) in [6.07, 6.45) is 1.92. The zero-order valence-electron chi connectivity index (χ0n) is 17.8. The van der Waals surface area contributed by atoms with Crippen molar-refractivity contribution in [1.82, 2.24) is 4.90 Å². The molecule has 1 heterocycles. The lowest BCUT2D eigenvalue weighted by atomic mass is 9.87. The molecule has 0 saturated heterocycles. The second-order valence-electron chi connectivity index (χ2n) is 7.65. The summed E-state index contributed by atoms with van der Waals surface area (Å²) in [4.78, 5) is 15.3. The van der Waals surface area contributed by atoms with Gasteiger partial charge in [-0.25, -0.2) is 0 Å². The maximum atomic E-state index is 13.4. The van der Waals surface area contributed by atoms with Gasteiger partial charge in [0.25, 0.3) is 0 Å². The molecule has 0 aromatic heterocycles. The minimum absolute atomic E-state index is 0.120. The molecule has 1 atom stereocenters. The van der Waals surface area contributed by atoms with E-state index in [1.165, 1.54) is 0 Å². The summed E-state index contributed by atoms with van der Waals surface area (Å²) < 4.78 is 11.1. The van der Waals surface area contributed by atoms with E-state index < -0.39 is 0 Å². The SMILES string of the molecule is COc1cc2c(cc1OC)[C@H](c1ccccc1Cl)N(C(=O)CCc1ccccc1)CC2. The van der Waals surface area contributed by atoms with E-state index in [4.69, 9.17) is 21.1 Å². The highest BCUT2D eigenvalue weighted by Crippen LogP contribution is 2.42. The zero-order chi connectivity index (χ0) is 21.8. The lowest BCUT2D eigenvalue weighted by Crippen LogP contribution is -2.40. The van der Waals surface area contributed by atoms with E-state index in [0.29, 0.717) is 35.9 Å². The van der Waals surface area contributed by atoms with Gasteiger partial charge >= 0.3 is 0 Å². The number of nitrogens with zero attached hydrogens (tertiary/aromatic N) is 1. The van der Waals surface area contributed by atoms with Crippen molar-refractivity contribution < 1.29 is 14.3 Å². The zero-order valence-corrected chi connectivity index (χ0v) is 18.6. The molecular formula is C26H26ClNO3. The molecule has 4 rings (SSSR count). The quantitative estimate of drug-likeness (QED) is 0.515. The van der Waals surface area contributed by atoms with Gasteiger partial charge in [0.05, 0.1) is 20.3 Å². The van der Waals surface area contributed by atoms with E-state index in [1.54, 1.807) is 14.2 Å². The van der Waals surface area contributed by atoms with Crippen molar-refractivity contribution in [3.05, 3.63) is 94.0 Å². The van der Waals surface area contributed by atoms with Crippen molar-refractivity contribution >= 4 is 17.5 Å². The summed E-state index contributed by atoms with van der Waals surface area (Å²) in [5, 5.41) is 0.649. The van der Waals surface area contributed by atoms with Crippen molar-refractivity contribution in [1.29, 1.82) is 0 Å². The van der Waals surface area contributed by atoms with E-state index in [9.17, 15) is 4.79 Å². The third-order valence-electron chi connectivity index (χ3n) is 5.86. The predicted molar refractivity (Wildman–Crippen MR) is 123 cm³/mol. The number of aryl methyl sites for hydroxylation is 1. The van der Waals surface area contributed by atoms with Crippen LogP contribution in [-0.2, 0) is 17.6 Å². The molecular weight excluding hydrogens is 410 g/mol. The minimum atomic E-state index is -0.263. The number of benzene rings is 3. The Morgan fingerprint density at radius 2 is 1.65 bits per heavy atom. The topological polar surface area (TPSA) is 38.8 Å². The molecule has 31 heavy (non-hydrogen) atoms. The standard InChI is InChI=1S/C26H26ClNO3/c1-30-23-16-19-14-15-28(25(29)13-12-18-8-4-3-5-9-18)26(21(19)17-24(23)31-2)20-10-6-7-11-22(20)27/h3-11,16-17,26H,12-15H2,1-2H3/t26-/m0/s1. The average molecular weight is 436 g/mol. The second kappa shape index (κ2) is 9.44. The fourth-order valence-electron chi connectivity index (χ4n) is 4.29. The first-order valence-corrected chi connectivity index (χ1v) is 10.8. The summed E-state index contributed by atoms with van der Waals surface area (Å²) in [6, 6.07) is 21.6. The van der Waals surface area contributed by atoms with Gasteiger partial charge in [-0.3, -0.25) is 4.79 Å². The molecule has 3 aromatic rings. The smallest absolute Gasteiger partial charge is 0.223 e. The fraction of sp³-hybridized carbons (Fsp3) is 0.269. The molecule has 4 nitrogen and oxygen atoms in total. The van der Waals surface area contributed by atoms with Gasteiger partial charge in [0.1, 0.15) is 0 Å². The molecule has 1 aliphatic rings. The lowest BCUT2D eigenvalue weighted by Gasteiger charge is -2.38. The van der Waals surface area contributed by atoms with Crippen LogP contribution >= 0.6 is 11.6 Å². The number of carbonyl (C=O) groups is 1. The number of methoxy groups -OCH3 is 2. The molecule has 0 fully saturated rings. The van der Waals surface area contributed by atoms with Gasteiger partial charge in [-0.15, -0.1) is 0 Å². The lowest BCUT2D eigenvalue weighted by molar-refractivity contribution is -0.133. The van der Waals surface area contributed by atoms with Crippen LogP contribution in [0.2, 0.25) is 5.02 Å². The summed E-state index contributed by atoms with van der Waals surface area (Å²) in [6.45, 7) is 0.631. The Hall–Kier alpha value is -2.98. The molecule has 0 N–H and O–H groups in total. The maximum absolute atomic E-state index is 13.4. The first-order chi connectivity index (χ1) is 15.1. The van der Waals surface area contributed by atoms with Crippen LogP contribution < -0.4 is 9.47 Å². The van der Waals surface area contributed by atoms with E-state index >= 15 is 0 Å². The minimum Gasteiger partial charge on any atom is -0.493 e. The summed E-state index contributed by atoms with van der Waals surface area (Å²) >= 11 is 6.61. The van der Waals surface area contributed by atoms with Crippen molar-refractivity contribution in [2.45, 2.75) is 25.3 Å². The molecule has 0 aliphatic carbocycles. The number of fused-ring (bicyclic) bond motifs is 1. The van der Waals surface area contributed by atoms with Crippen molar-refractivity contribution in [2.75, 3.05) is 20.8 Å². The molecule has 0 bridgehead atoms. The molecule has 0 unspecified atom stereocenters. The van der Waals surface area contributed by atoms with E-state index in [0.717, 1.165) is 28.7 Å². The van der Waals surface area contributed by atoms with Gasteiger partial charge in [0, 0.05) is 18.0 Å². The van der Waals surface area contributed by atoms with Crippen LogP contribution in [0.1, 0.15) is 34.7 Å². The first-order valence-electron chi connectivity index (χ1n) is 10.4. The van der Waals surface area contributed by atoms with E-state index in [2.05, 4.69) is 12.1 Å². The van der Waals surface area contributed by atoms with Gasteiger partial charge in [-0.2, -0.15) is 0 Å². The highest BCUT2D eigenvalue weighted by molar-refractivity contribution is 6.31. The highest BCUT2D eigenvalue weighted by atomic mass is 35.5. The van der Waals surface area contributed by atoms with Gasteiger partial charge < -0.3 is 14.4 Å². The number of halogens is 1. The summed E-state index contributed by atoms with van der Waals surface area (Å²) in [5.74, 6) is 1.47. The van der Waals surface area contributed by atoms with Crippen molar-refractivity contribution in [3.63, 3.8) is 0 Å². The van der Waals surface area contributed by atoms with Gasteiger partial charge in [0.2, 0.25) is 5.91 Å². The summed E-state index contributed by atoms with van der Waals surface area (Å²) in [5.41, 5.74) is 4.26. The molecule has 1 amide bonds. The molecule has 0 saturated carbocycles. The van der Waals surface area contributed by atoms with Crippen LogP contribution in [0.3, 0.4) is 0 Å². The van der Waals surface area contributed by atoms with Crippen LogP contribution in [0.4, 0.5) is 0 Å². The number of ether oxygens (including phenoxy) is 2. The Balaban J connectivity index is 1.72. The number of rotatable bonds is 6. The number of hydrogen-bond donors (Lipinski definition) is 0. The van der Waals surface area contributed by atoms with Crippen LogP contribution in [0.25, 0.3) is 0 Å². The van der Waals surface area contributed by atoms with Gasteiger partial charge in [-0.05, 0) is 53.3 Å². The Bertz CT molecular complexity index is 1070. The maximum Gasteiger partial charge on any atom is 0.223 e. The van der Waals surface area contributed by atoms with Crippen molar-refractivity contribution in [2.24, 2.45) is 0 Å². The monoisotopic (exact) mass is 435 g/mol. The molecule has 160 valence electrons. The normalized spacial score (nSPS) is 15.3. The largest absolute Gasteiger partial charge is 0.493 e. The highest BCUT2D eigenvalue weighted by Gasteiger charge is 2.34. The molecule has 0 radical (unpaired) electrons. The van der Waals surface area contributed by atoms with Gasteiger partial charge in [0.15, 0.2) is 11.5 Å². The Morgan fingerprint density at radius 1 is 0.968 bits per heavy atom. The second-order valence-corrected chi connectivity index (χ2v) is 8.06. The van der Waals surface area contributed by atoms with Crippen LogP contribution in [0, 0.1) is 0 Å². The third kappa shape index (κ3) is 4.40. The van der Waals surface area contributed by atoms with E-state index in [1.807, 2.05) is 59.5 Å². The molecule has 1 aliphatic heterocycles. The van der Waals surface area contributed by atoms with Crippen LogP contribution in [-0.4, -0.2) is 31.6 Å². The van der Waals surface area contributed by atoms with Gasteiger partial charge in [-0.1, -0.05) is 60.1 Å². The van der Waals surface area contributed by atoms with E-state index in [-0.39, 0.29) is 11.9 Å². The van der Waals surface area contributed by atoms with Crippen molar-refractivity contribution in [3.8, 4) is 11.5 Å². The fourth-order valence-corrected chi connectivity index (χ4v) is 4.53. The molecule has 5 heteroatoms. The third-order valence-corrected chi connectivity index (χ3v) is 6.21. The number of amides is 1.